The minimum absolute atomic E-state index is 0.154. The van der Waals surface area contributed by atoms with Crippen molar-refractivity contribution in [1.82, 2.24) is 5.16 Å². The number of benzene rings is 1. The van der Waals surface area contributed by atoms with Crippen LogP contribution in [0.3, 0.4) is 0 Å². The summed E-state index contributed by atoms with van der Waals surface area (Å²) in [6.07, 6.45) is 1.52. The summed E-state index contributed by atoms with van der Waals surface area (Å²) in [6, 6.07) is 10.3. The number of carbonyl (C=O) groups excluding carboxylic acids is 1. The van der Waals surface area contributed by atoms with Gasteiger partial charge in [0, 0.05) is 20.2 Å². The topological polar surface area (TPSA) is 71.5 Å². The molecule has 2 aromatic heterocycles. The normalized spacial score (nSPS) is 10.6. The fourth-order valence-electron chi connectivity index (χ4n) is 2.17. The molecular weight excluding hydrogens is 318 g/mol. The molecule has 0 aliphatic heterocycles. The summed E-state index contributed by atoms with van der Waals surface area (Å²) >= 11 is 6.19. The maximum atomic E-state index is 12.4. The minimum Gasteiger partial charge on any atom is -0.461 e. The van der Waals surface area contributed by atoms with Gasteiger partial charge in [-0.15, -0.1) is 0 Å². The number of anilines is 2. The Labute approximate surface area is 137 Å². The highest BCUT2D eigenvalue weighted by molar-refractivity contribution is 6.34. The SMILES string of the molecule is CN(C)c1c(Cl)cccc1NC(=O)c1cc(-c2ccco2)on1. The Bertz CT molecular complexity index is 825. The molecule has 3 aromatic rings. The van der Waals surface area contributed by atoms with Crippen LogP contribution in [0.2, 0.25) is 5.02 Å². The van der Waals surface area contributed by atoms with Gasteiger partial charge in [-0.2, -0.15) is 0 Å². The molecule has 0 fully saturated rings. The molecular formula is C16H14ClN3O3. The zero-order valence-corrected chi connectivity index (χ0v) is 13.3. The van der Waals surface area contributed by atoms with Crippen LogP contribution in [-0.4, -0.2) is 25.2 Å². The number of rotatable bonds is 4. The quantitative estimate of drug-likeness (QED) is 0.784. The lowest BCUT2D eigenvalue weighted by Crippen LogP contribution is -2.17. The molecule has 118 valence electrons. The van der Waals surface area contributed by atoms with E-state index >= 15 is 0 Å². The van der Waals surface area contributed by atoms with Gasteiger partial charge in [0.2, 0.25) is 5.76 Å². The second kappa shape index (κ2) is 6.18. The van der Waals surface area contributed by atoms with Crippen molar-refractivity contribution >= 4 is 28.9 Å². The number of hydrogen-bond acceptors (Lipinski definition) is 5. The highest BCUT2D eigenvalue weighted by Crippen LogP contribution is 2.32. The summed E-state index contributed by atoms with van der Waals surface area (Å²) in [5, 5.41) is 7.11. The summed E-state index contributed by atoms with van der Waals surface area (Å²) in [4.78, 5) is 14.2. The molecule has 1 amide bonds. The van der Waals surface area contributed by atoms with E-state index in [1.54, 1.807) is 30.3 Å². The van der Waals surface area contributed by atoms with Crippen molar-refractivity contribution in [1.29, 1.82) is 0 Å². The Morgan fingerprint density at radius 1 is 1.22 bits per heavy atom. The first kappa shape index (κ1) is 15.2. The summed E-state index contributed by atoms with van der Waals surface area (Å²) in [6.45, 7) is 0. The molecule has 0 aliphatic carbocycles. The Balaban J connectivity index is 1.84. The number of para-hydroxylation sites is 1. The van der Waals surface area contributed by atoms with Crippen molar-refractivity contribution in [2.75, 3.05) is 24.3 Å². The minimum atomic E-state index is -0.392. The van der Waals surface area contributed by atoms with E-state index in [1.165, 1.54) is 12.3 Å². The van der Waals surface area contributed by atoms with Crippen LogP contribution < -0.4 is 10.2 Å². The third kappa shape index (κ3) is 3.07. The largest absolute Gasteiger partial charge is 0.461 e. The smallest absolute Gasteiger partial charge is 0.277 e. The van der Waals surface area contributed by atoms with Gasteiger partial charge in [-0.05, 0) is 24.3 Å². The van der Waals surface area contributed by atoms with Crippen molar-refractivity contribution in [2.24, 2.45) is 0 Å². The molecule has 0 saturated heterocycles. The van der Waals surface area contributed by atoms with Crippen molar-refractivity contribution in [3.05, 3.63) is 53.4 Å². The van der Waals surface area contributed by atoms with Gasteiger partial charge in [0.05, 0.1) is 22.7 Å². The van der Waals surface area contributed by atoms with Crippen LogP contribution in [-0.2, 0) is 0 Å². The molecule has 3 rings (SSSR count). The molecule has 0 saturated carbocycles. The third-order valence-electron chi connectivity index (χ3n) is 3.19. The van der Waals surface area contributed by atoms with Gasteiger partial charge in [0.25, 0.3) is 5.91 Å². The van der Waals surface area contributed by atoms with Gasteiger partial charge in [-0.1, -0.05) is 22.8 Å². The molecule has 0 radical (unpaired) electrons. The van der Waals surface area contributed by atoms with Gasteiger partial charge in [0.15, 0.2) is 11.5 Å². The first-order valence-corrected chi connectivity index (χ1v) is 7.22. The standard InChI is InChI=1S/C16H14ClN3O3/c1-20(2)15-10(17)5-3-6-11(15)18-16(21)12-9-14(23-19-12)13-7-4-8-22-13/h3-9H,1-2H3,(H,18,21). The van der Waals surface area contributed by atoms with Crippen LogP contribution in [0.4, 0.5) is 11.4 Å². The average molecular weight is 332 g/mol. The zero-order valence-electron chi connectivity index (χ0n) is 12.5. The average Bonchev–Trinajstić information content (AvgIpc) is 3.18. The molecule has 0 spiro atoms. The molecule has 0 bridgehead atoms. The van der Waals surface area contributed by atoms with Gasteiger partial charge in [0.1, 0.15) is 0 Å². The number of furan rings is 1. The molecule has 23 heavy (non-hydrogen) atoms. The maximum Gasteiger partial charge on any atom is 0.277 e. The number of aromatic nitrogens is 1. The van der Waals surface area contributed by atoms with Crippen LogP contribution in [0.5, 0.6) is 0 Å². The van der Waals surface area contributed by atoms with Crippen molar-refractivity contribution < 1.29 is 13.7 Å². The molecule has 7 heteroatoms. The highest BCUT2D eigenvalue weighted by Gasteiger charge is 2.17. The number of hydrogen-bond donors (Lipinski definition) is 1. The van der Waals surface area contributed by atoms with Crippen molar-refractivity contribution in [3.63, 3.8) is 0 Å². The van der Waals surface area contributed by atoms with E-state index in [2.05, 4.69) is 10.5 Å². The van der Waals surface area contributed by atoms with E-state index in [0.29, 0.717) is 22.2 Å². The predicted molar refractivity (Wildman–Crippen MR) is 87.9 cm³/mol. The van der Waals surface area contributed by atoms with E-state index in [-0.39, 0.29) is 5.69 Å². The van der Waals surface area contributed by atoms with E-state index < -0.39 is 5.91 Å². The lowest BCUT2D eigenvalue weighted by atomic mass is 10.2. The first-order chi connectivity index (χ1) is 11.1. The van der Waals surface area contributed by atoms with E-state index in [1.807, 2.05) is 19.0 Å². The molecule has 0 unspecified atom stereocenters. The fraction of sp³-hybridized carbons (Fsp3) is 0.125. The summed E-state index contributed by atoms with van der Waals surface area (Å²) in [5.41, 5.74) is 1.47. The number of halogens is 1. The van der Waals surface area contributed by atoms with E-state index in [0.717, 1.165) is 5.69 Å². The van der Waals surface area contributed by atoms with Gasteiger partial charge in [-0.25, -0.2) is 0 Å². The van der Waals surface area contributed by atoms with Gasteiger partial charge >= 0.3 is 0 Å². The third-order valence-corrected chi connectivity index (χ3v) is 3.49. The number of nitrogens with zero attached hydrogens (tertiary/aromatic N) is 2. The molecule has 1 N–H and O–H groups in total. The highest BCUT2D eigenvalue weighted by atomic mass is 35.5. The zero-order chi connectivity index (χ0) is 16.4. The van der Waals surface area contributed by atoms with E-state index in [4.69, 9.17) is 20.5 Å². The molecule has 0 atom stereocenters. The van der Waals surface area contributed by atoms with Gasteiger partial charge in [-0.3, -0.25) is 4.79 Å². The Hall–Kier alpha value is -2.73. The maximum absolute atomic E-state index is 12.4. The second-order valence-corrected chi connectivity index (χ2v) is 5.45. The van der Waals surface area contributed by atoms with E-state index in [9.17, 15) is 4.79 Å². The summed E-state index contributed by atoms with van der Waals surface area (Å²) in [5.74, 6) is 0.504. The van der Waals surface area contributed by atoms with Crippen molar-refractivity contribution in [2.45, 2.75) is 0 Å². The molecule has 0 aliphatic rings. The Morgan fingerprint density at radius 2 is 2.04 bits per heavy atom. The molecule has 2 heterocycles. The van der Waals surface area contributed by atoms with Crippen LogP contribution >= 0.6 is 11.6 Å². The Kier molecular flexibility index (Phi) is 4.08. The molecule has 1 aromatic carbocycles. The number of amides is 1. The fourth-order valence-corrected chi connectivity index (χ4v) is 2.52. The lowest BCUT2D eigenvalue weighted by molar-refractivity contribution is 0.101. The second-order valence-electron chi connectivity index (χ2n) is 5.04. The van der Waals surface area contributed by atoms with Crippen LogP contribution in [0.1, 0.15) is 10.5 Å². The lowest BCUT2D eigenvalue weighted by Gasteiger charge is -2.19. The van der Waals surface area contributed by atoms with Gasteiger partial charge < -0.3 is 19.2 Å². The summed E-state index contributed by atoms with van der Waals surface area (Å²) < 4.78 is 10.3. The van der Waals surface area contributed by atoms with Crippen LogP contribution in [0.25, 0.3) is 11.5 Å². The molecule has 6 nitrogen and oxygen atoms in total. The Morgan fingerprint density at radius 3 is 2.74 bits per heavy atom. The number of carbonyl (C=O) groups is 1. The monoisotopic (exact) mass is 331 g/mol. The first-order valence-electron chi connectivity index (χ1n) is 6.84. The van der Waals surface area contributed by atoms with Crippen molar-refractivity contribution in [3.8, 4) is 11.5 Å². The number of nitrogens with one attached hydrogen (secondary N) is 1. The predicted octanol–water partition coefficient (Wildman–Crippen LogP) is 3.91. The van der Waals surface area contributed by atoms with Crippen LogP contribution in [0.15, 0.2) is 51.6 Å². The summed E-state index contributed by atoms with van der Waals surface area (Å²) in [7, 11) is 3.70. The van der Waals surface area contributed by atoms with Crippen LogP contribution in [0, 0.1) is 0 Å².